The van der Waals surface area contributed by atoms with E-state index in [0.29, 0.717) is 5.75 Å². The normalized spacial score (nSPS) is 11.3. The van der Waals surface area contributed by atoms with Gasteiger partial charge in [0, 0.05) is 12.5 Å². The Kier molecular flexibility index (Phi) is 6.06. The van der Waals surface area contributed by atoms with E-state index in [2.05, 4.69) is 0 Å². The van der Waals surface area contributed by atoms with E-state index in [1.807, 2.05) is 26.0 Å². The summed E-state index contributed by atoms with van der Waals surface area (Å²) in [6, 6.07) is 9.39. The summed E-state index contributed by atoms with van der Waals surface area (Å²) in [5.74, 6) is 0.601. The SMILES string of the molecule is CCc1ccc(OCc2c(OC(C)=S)cccc2C(F)(F)F)c(C)c1. The second-order valence-corrected chi connectivity index (χ2v) is 6.19. The van der Waals surface area contributed by atoms with Gasteiger partial charge in [0.2, 0.25) is 0 Å². The Bertz CT molecular complexity index is 770. The summed E-state index contributed by atoms with van der Waals surface area (Å²) in [6.45, 7) is 5.14. The summed E-state index contributed by atoms with van der Waals surface area (Å²) in [7, 11) is 0. The van der Waals surface area contributed by atoms with Crippen LogP contribution in [0.3, 0.4) is 0 Å². The number of aryl methyl sites for hydroxylation is 2. The van der Waals surface area contributed by atoms with Gasteiger partial charge in [-0.2, -0.15) is 13.2 Å². The molecule has 2 rings (SSSR count). The maximum Gasteiger partial charge on any atom is 0.416 e. The third-order valence-electron chi connectivity index (χ3n) is 3.71. The van der Waals surface area contributed by atoms with E-state index in [-0.39, 0.29) is 23.0 Å². The molecule has 25 heavy (non-hydrogen) atoms. The monoisotopic (exact) mass is 368 g/mol. The van der Waals surface area contributed by atoms with Crippen LogP contribution in [0.5, 0.6) is 11.5 Å². The predicted octanol–water partition coefficient (Wildman–Crippen LogP) is 5.88. The number of hydrogen-bond acceptors (Lipinski definition) is 3. The van der Waals surface area contributed by atoms with Gasteiger partial charge in [-0.15, -0.1) is 0 Å². The van der Waals surface area contributed by atoms with Gasteiger partial charge in [0.05, 0.1) is 5.56 Å². The van der Waals surface area contributed by atoms with Crippen LogP contribution < -0.4 is 9.47 Å². The summed E-state index contributed by atoms with van der Waals surface area (Å²) in [4.78, 5) is 0. The van der Waals surface area contributed by atoms with Crippen LogP contribution in [0.2, 0.25) is 0 Å². The zero-order valence-corrected chi connectivity index (χ0v) is 15.1. The number of thiocarbonyl (C=S) groups is 1. The van der Waals surface area contributed by atoms with E-state index < -0.39 is 11.7 Å². The lowest BCUT2D eigenvalue weighted by atomic mass is 10.1. The van der Waals surface area contributed by atoms with Gasteiger partial charge in [0.15, 0.2) is 5.05 Å². The third-order valence-corrected chi connectivity index (χ3v) is 3.80. The molecule has 0 aromatic heterocycles. The van der Waals surface area contributed by atoms with Crippen LogP contribution in [0.1, 0.15) is 36.1 Å². The van der Waals surface area contributed by atoms with Crippen molar-refractivity contribution in [1.82, 2.24) is 0 Å². The molecule has 0 saturated heterocycles. The highest BCUT2D eigenvalue weighted by atomic mass is 32.1. The fourth-order valence-electron chi connectivity index (χ4n) is 2.47. The van der Waals surface area contributed by atoms with Crippen molar-refractivity contribution in [3.63, 3.8) is 0 Å². The molecule has 0 aliphatic heterocycles. The summed E-state index contributed by atoms with van der Waals surface area (Å²) in [6.07, 6.45) is -3.63. The lowest BCUT2D eigenvalue weighted by molar-refractivity contribution is -0.138. The average Bonchev–Trinajstić information content (AvgIpc) is 2.52. The molecule has 0 bridgehead atoms. The molecule has 134 valence electrons. The maximum absolute atomic E-state index is 13.3. The topological polar surface area (TPSA) is 18.5 Å². The minimum atomic E-state index is -4.51. The van der Waals surface area contributed by atoms with E-state index in [9.17, 15) is 13.2 Å². The van der Waals surface area contributed by atoms with Gasteiger partial charge in [-0.25, -0.2) is 0 Å². The minimum Gasteiger partial charge on any atom is -0.488 e. The van der Waals surface area contributed by atoms with E-state index in [0.717, 1.165) is 23.6 Å². The van der Waals surface area contributed by atoms with Crippen molar-refractivity contribution < 1.29 is 22.6 Å². The number of halogens is 3. The molecule has 2 nitrogen and oxygen atoms in total. The molecule has 0 heterocycles. The van der Waals surface area contributed by atoms with Gasteiger partial charge in [-0.1, -0.05) is 25.1 Å². The number of rotatable bonds is 5. The molecular weight excluding hydrogens is 349 g/mol. The first-order chi connectivity index (χ1) is 11.7. The van der Waals surface area contributed by atoms with Crippen LogP contribution in [0, 0.1) is 6.92 Å². The quantitative estimate of drug-likeness (QED) is 0.614. The molecule has 0 unspecified atom stereocenters. The van der Waals surface area contributed by atoms with E-state index in [4.69, 9.17) is 21.7 Å². The smallest absolute Gasteiger partial charge is 0.416 e. The zero-order chi connectivity index (χ0) is 18.6. The molecule has 0 aliphatic rings. The average molecular weight is 368 g/mol. The second kappa shape index (κ2) is 7.87. The molecule has 0 N–H and O–H groups in total. The minimum absolute atomic E-state index is 0.0603. The zero-order valence-electron chi connectivity index (χ0n) is 14.2. The fraction of sp³-hybridized carbons (Fsp3) is 0.316. The second-order valence-electron chi connectivity index (χ2n) is 5.62. The Hall–Kier alpha value is -2.08. The molecule has 0 radical (unpaired) electrons. The van der Waals surface area contributed by atoms with Crippen molar-refractivity contribution in [3.05, 3.63) is 58.7 Å². The van der Waals surface area contributed by atoms with Crippen LogP contribution in [0.4, 0.5) is 13.2 Å². The van der Waals surface area contributed by atoms with Crippen LogP contribution in [-0.2, 0) is 19.2 Å². The Labute approximate surface area is 150 Å². The Morgan fingerprint density at radius 3 is 2.40 bits per heavy atom. The maximum atomic E-state index is 13.3. The Morgan fingerprint density at radius 2 is 1.84 bits per heavy atom. The Balaban J connectivity index is 2.35. The molecule has 0 atom stereocenters. The third kappa shape index (κ3) is 4.95. The van der Waals surface area contributed by atoms with Gasteiger partial charge < -0.3 is 9.47 Å². The van der Waals surface area contributed by atoms with Crippen molar-refractivity contribution >= 4 is 17.3 Å². The molecule has 2 aromatic rings. The van der Waals surface area contributed by atoms with Crippen LogP contribution in [0.25, 0.3) is 0 Å². The molecule has 0 fully saturated rings. The first-order valence-electron chi connectivity index (χ1n) is 7.82. The molecule has 2 aromatic carbocycles. The van der Waals surface area contributed by atoms with Crippen molar-refractivity contribution in [2.45, 2.75) is 40.0 Å². The van der Waals surface area contributed by atoms with Gasteiger partial charge in [0.1, 0.15) is 18.1 Å². The fourth-order valence-corrected chi connectivity index (χ4v) is 2.56. The summed E-state index contributed by atoms with van der Waals surface area (Å²) in [5.41, 5.74) is 1.15. The number of benzene rings is 2. The van der Waals surface area contributed by atoms with Crippen LogP contribution in [-0.4, -0.2) is 5.05 Å². The van der Waals surface area contributed by atoms with Gasteiger partial charge >= 0.3 is 6.18 Å². The highest BCUT2D eigenvalue weighted by Crippen LogP contribution is 2.37. The lowest BCUT2D eigenvalue weighted by Crippen LogP contribution is -2.14. The summed E-state index contributed by atoms with van der Waals surface area (Å²) < 4.78 is 50.9. The Morgan fingerprint density at radius 1 is 1.12 bits per heavy atom. The number of hydrogen-bond donors (Lipinski definition) is 0. The predicted molar refractivity (Wildman–Crippen MR) is 95.2 cm³/mol. The molecule has 0 amide bonds. The highest BCUT2D eigenvalue weighted by Gasteiger charge is 2.35. The van der Waals surface area contributed by atoms with Gasteiger partial charge in [-0.05, 0) is 54.9 Å². The molecule has 0 spiro atoms. The first kappa shape index (κ1) is 19.2. The van der Waals surface area contributed by atoms with Gasteiger partial charge in [-0.3, -0.25) is 0 Å². The first-order valence-corrected chi connectivity index (χ1v) is 8.23. The standard InChI is InChI=1S/C19H19F3O2S/c1-4-14-8-9-17(12(2)10-14)23-11-15-16(19(20,21)22)6-5-7-18(15)24-13(3)25/h5-10H,4,11H2,1-3H3. The molecule has 0 aliphatic carbocycles. The highest BCUT2D eigenvalue weighted by molar-refractivity contribution is 7.80. The molecule has 6 heteroatoms. The number of alkyl halides is 3. The summed E-state index contributed by atoms with van der Waals surface area (Å²) in [5, 5.41) is 0.143. The van der Waals surface area contributed by atoms with Crippen LogP contribution >= 0.6 is 12.2 Å². The van der Waals surface area contributed by atoms with E-state index in [1.54, 1.807) is 6.07 Å². The summed E-state index contributed by atoms with van der Waals surface area (Å²) >= 11 is 4.86. The van der Waals surface area contributed by atoms with Crippen LogP contribution in [0.15, 0.2) is 36.4 Å². The van der Waals surface area contributed by atoms with Crippen molar-refractivity contribution in [1.29, 1.82) is 0 Å². The van der Waals surface area contributed by atoms with Gasteiger partial charge in [0.25, 0.3) is 0 Å². The number of ether oxygens (including phenoxy) is 2. The molecule has 0 saturated carbocycles. The van der Waals surface area contributed by atoms with E-state index >= 15 is 0 Å². The lowest BCUT2D eigenvalue weighted by Gasteiger charge is -2.18. The van der Waals surface area contributed by atoms with Crippen molar-refractivity contribution in [2.24, 2.45) is 0 Å². The van der Waals surface area contributed by atoms with Crippen molar-refractivity contribution in [2.75, 3.05) is 0 Å². The largest absolute Gasteiger partial charge is 0.488 e. The van der Waals surface area contributed by atoms with E-state index in [1.165, 1.54) is 19.1 Å². The molecular formula is C19H19F3O2S. The van der Waals surface area contributed by atoms with Crippen molar-refractivity contribution in [3.8, 4) is 11.5 Å².